The molecule has 3 rings (SSSR count). The second kappa shape index (κ2) is 8.35. The van der Waals surface area contributed by atoms with E-state index in [1.807, 2.05) is 30.3 Å². The van der Waals surface area contributed by atoms with Gasteiger partial charge in [0.25, 0.3) is 0 Å². The maximum absolute atomic E-state index is 13.9. The third kappa shape index (κ3) is 4.31. The van der Waals surface area contributed by atoms with E-state index in [0.717, 1.165) is 11.6 Å². The highest BCUT2D eigenvalue weighted by molar-refractivity contribution is 5.67. The van der Waals surface area contributed by atoms with Crippen molar-refractivity contribution in [3.05, 3.63) is 66.2 Å². The van der Waals surface area contributed by atoms with Crippen molar-refractivity contribution < 1.29 is 13.9 Å². The molecule has 2 aromatic carbocycles. The highest BCUT2D eigenvalue weighted by Crippen LogP contribution is 2.25. The van der Waals surface area contributed by atoms with Gasteiger partial charge in [-0.15, -0.1) is 0 Å². The van der Waals surface area contributed by atoms with Gasteiger partial charge in [-0.3, -0.25) is 0 Å². The van der Waals surface area contributed by atoms with Crippen molar-refractivity contribution >= 4 is 17.5 Å². The monoisotopic (exact) mass is 356 g/mol. The Morgan fingerprint density at radius 3 is 2.54 bits per heavy atom. The summed E-state index contributed by atoms with van der Waals surface area (Å²) in [4.78, 5) is 8.74. The number of aromatic nitrogens is 2. The van der Waals surface area contributed by atoms with Crippen LogP contribution in [0.15, 0.2) is 54.6 Å². The molecule has 3 N–H and O–H groups in total. The van der Waals surface area contributed by atoms with E-state index in [0.29, 0.717) is 30.4 Å². The lowest BCUT2D eigenvalue weighted by Gasteiger charge is -2.12. The van der Waals surface area contributed by atoms with E-state index in [4.69, 9.17) is 5.11 Å². The fraction of sp³-hybridized carbons (Fsp3) is 0.158. The molecule has 0 bridgehead atoms. The second-order valence-corrected chi connectivity index (χ2v) is 5.56. The van der Waals surface area contributed by atoms with Crippen molar-refractivity contribution in [3.63, 3.8) is 0 Å². The summed E-state index contributed by atoms with van der Waals surface area (Å²) in [5, 5.41) is 14.7. The summed E-state index contributed by atoms with van der Waals surface area (Å²) >= 11 is 0. The Bertz CT molecular complexity index is 875. The number of anilines is 3. The average Bonchev–Trinajstić information content (AvgIpc) is 2.66. The minimum atomic E-state index is -0.970. The van der Waals surface area contributed by atoms with E-state index in [9.17, 15) is 8.78 Å². The Morgan fingerprint density at radius 2 is 1.77 bits per heavy atom. The van der Waals surface area contributed by atoms with Gasteiger partial charge in [-0.2, -0.15) is 4.98 Å². The molecule has 7 heteroatoms. The van der Waals surface area contributed by atoms with Crippen LogP contribution in [0.5, 0.6) is 0 Å². The van der Waals surface area contributed by atoms with E-state index in [-0.39, 0.29) is 12.3 Å². The second-order valence-electron chi connectivity index (χ2n) is 5.56. The molecule has 0 fully saturated rings. The van der Waals surface area contributed by atoms with Crippen LogP contribution >= 0.6 is 0 Å². The summed E-state index contributed by atoms with van der Waals surface area (Å²) in [6, 6.07) is 15.0. The lowest BCUT2D eigenvalue weighted by molar-refractivity contribution is 0.292. The molecular formula is C19H18F2N4O. The van der Waals surface area contributed by atoms with Gasteiger partial charge < -0.3 is 15.7 Å². The normalized spacial score (nSPS) is 10.6. The Balaban J connectivity index is 1.95. The minimum absolute atomic E-state index is 0.0102. The molecule has 0 aliphatic rings. The van der Waals surface area contributed by atoms with Gasteiger partial charge in [-0.1, -0.05) is 36.4 Å². The van der Waals surface area contributed by atoms with Crippen molar-refractivity contribution in [3.8, 4) is 11.3 Å². The molecule has 0 atom stereocenters. The van der Waals surface area contributed by atoms with Crippen molar-refractivity contribution in [2.75, 3.05) is 23.8 Å². The van der Waals surface area contributed by atoms with Crippen LogP contribution in [0.3, 0.4) is 0 Å². The predicted molar refractivity (Wildman–Crippen MR) is 97.3 cm³/mol. The SMILES string of the molecule is OCCCNc1nc(Nc2cccc(F)c2F)cc(-c2ccccc2)n1. The van der Waals surface area contributed by atoms with E-state index in [2.05, 4.69) is 20.6 Å². The fourth-order valence-corrected chi connectivity index (χ4v) is 2.36. The zero-order valence-corrected chi connectivity index (χ0v) is 13.9. The maximum Gasteiger partial charge on any atom is 0.225 e. The lowest BCUT2D eigenvalue weighted by Crippen LogP contribution is -2.09. The predicted octanol–water partition coefficient (Wildman–Crippen LogP) is 3.96. The maximum atomic E-state index is 13.9. The summed E-state index contributed by atoms with van der Waals surface area (Å²) < 4.78 is 27.4. The largest absolute Gasteiger partial charge is 0.396 e. The Morgan fingerprint density at radius 1 is 0.962 bits per heavy atom. The third-order valence-electron chi connectivity index (χ3n) is 3.63. The highest BCUT2D eigenvalue weighted by atomic mass is 19.2. The highest BCUT2D eigenvalue weighted by Gasteiger charge is 2.11. The first-order chi connectivity index (χ1) is 12.7. The first kappa shape index (κ1) is 17.8. The molecule has 134 valence electrons. The molecule has 1 heterocycles. The van der Waals surface area contributed by atoms with Gasteiger partial charge in [0.05, 0.1) is 11.4 Å². The van der Waals surface area contributed by atoms with Gasteiger partial charge in [0.15, 0.2) is 11.6 Å². The van der Waals surface area contributed by atoms with Crippen LogP contribution in [0.1, 0.15) is 6.42 Å². The summed E-state index contributed by atoms with van der Waals surface area (Å²) in [5.41, 5.74) is 1.48. The number of benzene rings is 2. The minimum Gasteiger partial charge on any atom is -0.396 e. The molecule has 0 aliphatic heterocycles. The quantitative estimate of drug-likeness (QED) is 0.559. The summed E-state index contributed by atoms with van der Waals surface area (Å²) in [6.45, 7) is 0.535. The molecule has 0 radical (unpaired) electrons. The number of hydrogen-bond acceptors (Lipinski definition) is 5. The number of aliphatic hydroxyl groups excluding tert-OH is 1. The zero-order chi connectivity index (χ0) is 18.4. The molecule has 0 unspecified atom stereocenters. The van der Waals surface area contributed by atoms with E-state index in [1.165, 1.54) is 12.1 Å². The summed E-state index contributed by atoms with van der Waals surface area (Å²) in [5.74, 6) is -1.25. The van der Waals surface area contributed by atoms with Gasteiger partial charge in [-0.05, 0) is 18.6 Å². The zero-order valence-electron chi connectivity index (χ0n) is 13.9. The van der Waals surface area contributed by atoms with Crippen LogP contribution in [-0.2, 0) is 0 Å². The molecule has 0 saturated heterocycles. The summed E-state index contributed by atoms with van der Waals surface area (Å²) in [6.07, 6.45) is 0.542. The van der Waals surface area contributed by atoms with Crippen LogP contribution in [0.4, 0.5) is 26.2 Å². The van der Waals surface area contributed by atoms with Gasteiger partial charge in [0.2, 0.25) is 5.95 Å². The standard InChI is InChI=1S/C19H18F2N4O/c20-14-8-4-9-15(18(14)21)23-17-12-16(13-6-2-1-3-7-13)24-19(25-17)22-10-5-11-26/h1-4,6-9,12,26H,5,10-11H2,(H2,22,23,24,25). The molecular weight excluding hydrogens is 338 g/mol. The topological polar surface area (TPSA) is 70.1 Å². The molecule has 26 heavy (non-hydrogen) atoms. The van der Waals surface area contributed by atoms with Gasteiger partial charge >= 0.3 is 0 Å². The van der Waals surface area contributed by atoms with E-state index in [1.54, 1.807) is 6.07 Å². The first-order valence-electron chi connectivity index (χ1n) is 8.17. The molecule has 5 nitrogen and oxygen atoms in total. The third-order valence-corrected chi connectivity index (χ3v) is 3.63. The van der Waals surface area contributed by atoms with Crippen LogP contribution in [-0.4, -0.2) is 28.2 Å². The number of halogens is 2. The Labute approximate surface area is 149 Å². The molecule has 0 spiro atoms. The van der Waals surface area contributed by atoms with Crippen molar-refractivity contribution in [2.45, 2.75) is 6.42 Å². The molecule has 0 aliphatic carbocycles. The Kier molecular flexibility index (Phi) is 5.70. The van der Waals surface area contributed by atoms with Crippen LogP contribution < -0.4 is 10.6 Å². The molecule has 0 saturated carbocycles. The fourth-order valence-electron chi connectivity index (χ4n) is 2.36. The molecule has 1 aromatic heterocycles. The average molecular weight is 356 g/mol. The number of hydrogen-bond donors (Lipinski definition) is 3. The molecule has 3 aromatic rings. The first-order valence-corrected chi connectivity index (χ1v) is 8.17. The molecule has 0 amide bonds. The van der Waals surface area contributed by atoms with Crippen molar-refractivity contribution in [1.29, 1.82) is 0 Å². The van der Waals surface area contributed by atoms with Crippen molar-refractivity contribution in [1.82, 2.24) is 9.97 Å². The number of rotatable bonds is 7. The smallest absolute Gasteiger partial charge is 0.225 e. The van der Waals surface area contributed by atoms with Gasteiger partial charge in [-0.25, -0.2) is 13.8 Å². The van der Waals surface area contributed by atoms with Crippen LogP contribution in [0.25, 0.3) is 11.3 Å². The number of nitrogens with one attached hydrogen (secondary N) is 2. The Hall–Kier alpha value is -3.06. The van der Waals surface area contributed by atoms with Crippen molar-refractivity contribution in [2.24, 2.45) is 0 Å². The number of nitrogens with zero attached hydrogens (tertiary/aromatic N) is 2. The summed E-state index contributed by atoms with van der Waals surface area (Å²) in [7, 11) is 0. The van der Waals surface area contributed by atoms with Gasteiger partial charge in [0, 0.05) is 24.8 Å². The van der Waals surface area contributed by atoms with E-state index >= 15 is 0 Å². The van der Waals surface area contributed by atoms with Crippen LogP contribution in [0, 0.1) is 11.6 Å². The van der Waals surface area contributed by atoms with Gasteiger partial charge in [0.1, 0.15) is 5.82 Å². The van der Waals surface area contributed by atoms with Crippen LogP contribution in [0.2, 0.25) is 0 Å². The number of aliphatic hydroxyl groups is 1. The lowest BCUT2D eigenvalue weighted by atomic mass is 10.1. The van der Waals surface area contributed by atoms with E-state index < -0.39 is 11.6 Å².